The number of aromatic amines is 1. The lowest BCUT2D eigenvalue weighted by Crippen LogP contribution is -2.56. The van der Waals surface area contributed by atoms with Gasteiger partial charge in [-0.2, -0.15) is 16.4 Å². The van der Waals surface area contributed by atoms with Crippen LogP contribution in [0, 0.1) is 6.92 Å². The van der Waals surface area contributed by atoms with E-state index in [1.54, 1.807) is 11.3 Å². The first kappa shape index (κ1) is 20.3. The summed E-state index contributed by atoms with van der Waals surface area (Å²) in [6.07, 6.45) is 2.22. The Morgan fingerprint density at radius 2 is 1.97 bits per heavy atom. The van der Waals surface area contributed by atoms with Crippen LogP contribution in [-0.4, -0.2) is 71.2 Å². The van der Waals surface area contributed by atoms with Crippen molar-refractivity contribution in [1.29, 1.82) is 0 Å². The molecule has 4 heterocycles. The third kappa shape index (κ3) is 4.25. The summed E-state index contributed by atoms with van der Waals surface area (Å²) in [5.74, 6) is 0.0669. The largest absolute Gasteiger partial charge is 0.369 e. The minimum atomic E-state index is 0.0669. The van der Waals surface area contributed by atoms with Crippen molar-refractivity contribution in [2.24, 2.45) is 0 Å². The van der Waals surface area contributed by atoms with Gasteiger partial charge in [0.05, 0.1) is 5.69 Å². The molecule has 0 unspecified atom stereocenters. The van der Waals surface area contributed by atoms with E-state index in [1.807, 2.05) is 22.4 Å². The van der Waals surface area contributed by atoms with Crippen LogP contribution in [0.3, 0.4) is 0 Å². The standard InChI is InChI=1S/C24H29N5OS/c1-18-5-2-3-7-23(18)28-12-10-27(11-13-28)20-6-4-9-29(16-20)24(30)22-15-21(25-26-22)19-8-14-31-17-19/h2-3,5,7-8,14-15,17,20H,4,6,9-13,16H2,1H3,(H,25,26)/t20-/m0/s1. The van der Waals surface area contributed by atoms with Crippen LogP contribution in [0.2, 0.25) is 0 Å². The molecular formula is C24H29N5OS. The number of aromatic nitrogens is 2. The Morgan fingerprint density at radius 3 is 2.74 bits per heavy atom. The monoisotopic (exact) mass is 435 g/mol. The van der Waals surface area contributed by atoms with Crippen LogP contribution in [0.5, 0.6) is 0 Å². The molecule has 0 bridgehead atoms. The molecule has 1 N–H and O–H groups in total. The minimum Gasteiger partial charge on any atom is -0.369 e. The predicted octanol–water partition coefficient (Wildman–Crippen LogP) is 3.87. The third-order valence-corrected chi connectivity index (χ3v) is 7.28. The highest BCUT2D eigenvalue weighted by Gasteiger charge is 2.31. The van der Waals surface area contributed by atoms with E-state index in [2.05, 4.69) is 56.6 Å². The first-order chi connectivity index (χ1) is 15.2. The molecular weight excluding hydrogens is 406 g/mol. The van der Waals surface area contributed by atoms with Crippen molar-refractivity contribution in [1.82, 2.24) is 20.0 Å². The Hall–Kier alpha value is -2.64. The number of aryl methyl sites for hydroxylation is 1. The Labute approximate surface area is 187 Å². The molecule has 7 heteroatoms. The van der Waals surface area contributed by atoms with E-state index in [-0.39, 0.29) is 5.91 Å². The molecule has 2 fully saturated rings. The van der Waals surface area contributed by atoms with E-state index >= 15 is 0 Å². The maximum Gasteiger partial charge on any atom is 0.271 e. The van der Waals surface area contributed by atoms with Gasteiger partial charge >= 0.3 is 0 Å². The Bertz CT molecular complexity index is 1020. The molecule has 0 saturated carbocycles. The number of hydrogen-bond acceptors (Lipinski definition) is 5. The highest BCUT2D eigenvalue weighted by Crippen LogP contribution is 2.25. The van der Waals surface area contributed by atoms with Gasteiger partial charge in [0.2, 0.25) is 0 Å². The van der Waals surface area contributed by atoms with Crippen molar-refractivity contribution in [3.05, 3.63) is 58.4 Å². The molecule has 0 radical (unpaired) electrons. The molecule has 2 aromatic heterocycles. The highest BCUT2D eigenvalue weighted by molar-refractivity contribution is 7.08. The summed E-state index contributed by atoms with van der Waals surface area (Å²) in [5.41, 5.74) is 5.18. The highest BCUT2D eigenvalue weighted by atomic mass is 32.1. The van der Waals surface area contributed by atoms with E-state index in [0.29, 0.717) is 11.7 Å². The smallest absolute Gasteiger partial charge is 0.271 e. The number of piperazine rings is 1. The van der Waals surface area contributed by atoms with E-state index in [9.17, 15) is 4.79 Å². The van der Waals surface area contributed by atoms with Gasteiger partial charge in [-0.1, -0.05) is 18.2 Å². The van der Waals surface area contributed by atoms with Crippen LogP contribution in [0.1, 0.15) is 28.9 Å². The van der Waals surface area contributed by atoms with Gasteiger partial charge in [-0.25, -0.2) is 0 Å². The maximum absolute atomic E-state index is 13.1. The Balaban J connectivity index is 1.20. The lowest BCUT2D eigenvalue weighted by molar-refractivity contribution is 0.0558. The quantitative estimate of drug-likeness (QED) is 0.676. The summed E-state index contributed by atoms with van der Waals surface area (Å²) in [6.45, 7) is 7.99. The molecule has 0 spiro atoms. The molecule has 31 heavy (non-hydrogen) atoms. The summed E-state index contributed by atoms with van der Waals surface area (Å²) in [6, 6.07) is 13.0. The number of benzene rings is 1. The van der Waals surface area contributed by atoms with Crippen molar-refractivity contribution >= 4 is 22.9 Å². The fourth-order valence-corrected chi connectivity index (χ4v) is 5.49. The average Bonchev–Trinajstić information content (AvgIpc) is 3.51. The van der Waals surface area contributed by atoms with Crippen LogP contribution in [0.4, 0.5) is 5.69 Å². The Morgan fingerprint density at radius 1 is 1.13 bits per heavy atom. The summed E-state index contributed by atoms with van der Waals surface area (Å²) in [4.78, 5) is 20.2. The number of rotatable bonds is 4. The molecule has 1 atom stereocenters. The second-order valence-electron chi connectivity index (χ2n) is 8.54. The first-order valence-electron chi connectivity index (χ1n) is 11.1. The molecule has 2 aliphatic rings. The number of carbonyl (C=O) groups is 1. The van der Waals surface area contributed by atoms with Crippen LogP contribution in [0.15, 0.2) is 47.2 Å². The fourth-order valence-electron chi connectivity index (χ4n) is 4.84. The van der Waals surface area contributed by atoms with E-state index in [1.165, 1.54) is 11.3 Å². The van der Waals surface area contributed by atoms with Gasteiger partial charge < -0.3 is 9.80 Å². The van der Waals surface area contributed by atoms with Crippen LogP contribution < -0.4 is 4.90 Å². The number of hydrogen-bond donors (Lipinski definition) is 1. The number of anilines is 1. The van der Waals surface area contributed by atoms with Gasteiger partial charge in [0, 0.05) is 61.9 Å². The van der Waals surface area contributed by atoms with Crippen molar-refractivity contribution in [3.63, 3.8) is 0 Å². The number of amides is 1. The van der Waals surface area contributed by atoms with Gasteiger partial charge in [-0.05, 0) is 48.9 Å². The molecule has 0 aliphatic carbocycles. The van der Waals surface area contributed by atoms with Crippen LogP contribution in [0.25, 0.3) is 11.3 Å². The maximum atomic E-state index is 13.1. The zero-order chi connectivity index (χ0) is 21.2. The van der Waals surface area contributed by atoms with Gasteiger partial charge in [-0.15, -0.1) is 0 Å². The van der Waals surface area contributed by atoms with Crippen LogP contribution >= 0.6 is 11.3 Å². The zero-order valence-corrected chi connectivity index (χ0v) is 18.8. The fraction of sp³-hybridized carbons (Fsp3) is 0.417. The summed E-state index contributed by atoms with van der Waals surface area (Å²) >= 11 is 1.64. The van der Waals surface area contributed by atoms with Crippen molar-refractivity contribution < 1.29 is 4.79 Å². The van der Waals surface area contributed by atoms with Crippen molar-refractivity contribution in [2.45, 2.75) is 25.8 Å². The lowest BCUT2D eigenvalue weighted by Gasteiger charge is -2.44. The molecule has 1 amide bonds. The number of nitrogens with one attached hydrogen (secondary N) is 1. The molecule has 162 valence electrons. The average molecular weight is 436 g/mol. The van der Waals surface area contributed by atoms with Crippen LogP contribution in [-0.2, 0) is 0 Å². The number of carbonyl (C=O) groups excluding carboxylic acids is 1. The summed E-state index contributed by atoms with van der Waals surface area (Å²) in [5, 5.41) is 11.4. The van der Waals surface area contributed by atoms with E-state index < -0.39 is 0 Å². The second-order valence-corrected chi connectivity index (χ2v) is 9.32. The normalized spacial score (nSPS) is 20.2. The molecule has 3 aromatic rings. The van der Waals surface area contributed by atoms with Gasteiger partial charge in [-0.3, -0.25) is 14.8 Å². The number of para-hydroxylation sites is 1. The van der Waals surface area contributed by atoms with Crippen molar-refractivity contribution in [2.75, 3.05) is 44.2 Å². The van der Waals surface area contributed by atoms with Gasteiger partial charge in [0.15, 0.2) is 0 Å². The predicted molar refractivity (Wildman–Crippen MR) is 126 cm³/mol. The Kier molecular flexibility index (Phi) is 5.78. The van der Waals surface area contributed by atoms with E-state index in [0.717, 1.165) is 63.4 Å². The summed E-state index contributed by atoms with van der Waals surface area (Å²) < 4.78 is 0. The SMILES string of the molecule is Cc1ccccc1N1CCN([C@H]2CCCN(C(=O)c3cc(-c4ccsc4)n[nH]3)C2)CC1. The zero-order valence-electron chi connectivity index (χ0n) is 18.0. The number of nitrogens with zero attached hydrogens (tertiary/aromatic N) is 4. The summed E-state index contributed by atoms with van der Waals surface area (Å²) in [7, 11) is 0. The van der Waals surface area contributed by atoms with Gasteiger partial charge in [0.1, 0.15) is 5.69 Å². The molecule has 5 rings (SSSR count). The first-order valence-corrected chi connectivity index (χ1v) is 12.1. The lowest BCUT2D eigenvalue weighted by atomic mass is 10.0. The molecule has 2 aliphatic heterocycles. The second kappa shape index (κ2) is 8.85. The molecule has 6 nitrogen and oxygen atoms in total. The minimum absolute atomic E-state index is 0.0669. The third-order valence-electron chi connectivity index (χ3n) is 6.60. The number of thiophene rings is 1. The number of piperidine rings is 1. The number of likely N-dealkylation sites (tertiary alicyclic amines) is 1. The molecule has 2 saturated heterocycles. The topological polar surface area (TPSA) is 55.5 Å². The van der Waals surface area contributed by atoms with Crippen molar-refractivity contribution in [3.8, 4) is 11.3 Å². The molecule has 1 aromatic carbocycles. The van der Waals surface area contributed by atoms with Gasteiger partial charge in [0.25, 0.3) is 5.91 Å². The number of H-pyrrole nitrogens is 1. The van der Waals surface area contributed by atoms with E-state index in [4.69, 9.17) is 0 Å².